The van der Waals surface area contributed by atoms with Gasteiger partial charge in [-0.1, -0.05) is 24.3 Å². The van der Waals surface area contributed by atoms with Gasteiger partial charge in [-0.15, -0.1) is 0 Å². The maximum absolute atomic E-state index is 11.4. The van der Waals surface area contributed by atoms with E-state index in [4.69, 9.17) is 4.74 Å². The number of hydrogen-bond donors (Lipinski definition) is 1. The highest BCUT2D eigenvalue weighted by atomic mass is 16.6. The molecule has 0 amide bonds. The summed E-state index contributed by atoms with van der Waals surface area (Å²) in [6.45, 7) is 0.139. The summed E-state index contributed by atoms with van der Waals surface area (Å²) in [5.41, 5.74) is 2.56. The Morgan fingerprint density at radius 3 is 2.94 bits per heavy atom. The fourth-order valence-corrected chi connectivity index (χ4v) is 3.23. The molecule has 3 nitrogen and oxygen atoms in total. The molecule has 0 aromatic heterocycles. The molecule has 0 unspecified atom stereocenters. The highest BCUT2D eigenvalue weighted by Gasteiger charge is 2.44. The summed E-state index contributed by atoms with van der Waals surface area (Å²) in [4.78, 5) is 11.4. The Labute approximate surface area is 100 Å². The molecule has 1 saturated heterocycles. The van der Waals surface area contributed by atoms with E-state index in [-0.39, 0.29) is 24.6 Å². The summed E-state index contributed by atoms with van der Waals surface area (Å²) in [6.07, 6.45) is 2.10. The van der Waals surface area contributed by atoms with E-state index in [0.29, 0.717) is 18.8 Å². The second-order valence-electron chi connectivity index (χ2n) is 4.94. The van der Waals surface area contributed by atoms with Gasteiger partial charge in [-0.25, -0.2) is 0 Å². The molecule has 1 aromatic rings. The molecule has 0 saturated carbocycles. The summed E-state index contributed by atoms with van der Waals surface area (Å²) < 4.78 is 5.44. The van der Waals surface area contributed by atoms with Crippen molar-refractivity contribution in [3.63, 3.8) is 0 Å². The molecule has 0 radical (unpaired) electrons. The lowest BCUT2D eigenvalue weighted by Crippen LogP contribution is -2.32. The van der Waals surface area contributed by atoms with E-state index in [1.807, 2.05) is 12.1 Å². The average Bonchev–Trinajstić information content (AvgIpc) is 2.69. The summed E-state index contributed by atoms with van der Waals surface area (Å²) in [6, 6.07) is 8.27. The van der Waals surface area contributed by atoms with E-state index < -0.39 is 0 Å². The van der Waals surface area contributed by atoms with Crippen molar-refractivity contribution in [1.82, 2.24) is 0 Å². The Morgan fingerprint density at radius 1 is 1.29 bits per heavy atom. The number of ether oxygens (including phenoxy) is 1. The van der Waals surface area contributed by atoms with Gasteiger partial charge in [-0.3, -0.25) is 4.79 Å². The van der Waals surface area contributed by atoms with Gasteiger partial charge in [0.25, 0.3) is 0 Å². The molecule has 1 aromatic carbocycles. The second-order valence-corrected chi connectivity index (χ2v) is 4.94. The standard InChI is InChI=1S/C14H16O3/c15-6-5-12-11-4-2-1-3-9(11)7-10-8-13(16)17-14(10)12/h1-4,10,12,14-15H,5-8H2/t10-,12-,14-/m1/s1. The number of rotatable bonds is 2. The molecular formula is C14H16O3. The van der Waals surface area contributed by atoms with Crippen molar-refractivity contribution < 1.29 is 14.6 Å². The highest BCUT2D eigenvalue weighted by molar-refractivity contribution is 5.72. The molecule has 1 aliphatic carbocycles. The number of hydrogen-bond acceptors (Lipinski definition) is 3. The predicted molar refractivity (Wildman–Crippen MR) is 62.6 cm³/mol. The maximum atomic E-state index is 11.4. The molecule has 1 fully saturated rings. The van der Waals surface area contributed by atoms with E-state index in [9.17, 15) is 9.90 Å². The molecule has 1 heterocycles. The molecule has 0 spiro atoms. The van der Waals surface area contributed by atoms with Crippen LogP contribution in [-0.2, 0) is 16.0 Å². The second kappa shape index (κ2) is 4.15. The summed E-state index contributed by atoms with van der Waals surface area (Å²) in [5.74, 6) is 0.381. The first kappa shape index (κ1) is 10.8. The minimum Gasteiger partial charge on any atom is -0.461 e. The van der Waals surface area contributed by atoms with E-state index in [1.165, 1.54) is 11.1 Å². The van der Waals surface area contributed by atoms with Crippen molar-refractivity contribution in [3.05, 3.63) is 35.4 Å². The molecule has 1 N–H and O–H groups in total. The molecule has 2 aliphatic rings. The smallest absolute Gasteiger partial charge is 0.306 e. The zero-order valence-corrected chi connectivity index (χ0v) is 9.63. The van der Waals surface area contributed by atoms with E-state index in [2.05, 4.69) is 12.1 Å². The van der Waals surface area contributed by atoms with Crippen LogP contribution in [0.4, 0.5) is 0 Å². The Hall–Kier alpha value is -1.35. The van der Waals surface area contributed by atoms with Crippen LogP contribution in [0.3, 0.4) is 0 Å². The van der Waals surface area contributed by atoms with Crippen molar-refractivity contribution in [2.45, 2.75) is 31.3 Å². The normalized spacial score (nSPS) is 30.6. The molecule has 3 heteroatoms. The maximum Gasteiger partial charge on any atom is 0.306 e. The average molecular weight is 232 g/mol. The molecule has 3 atom stereocenters. The van der Waals surface area contributed by atoms with Crippen molar-refractivity contribution in [1.29, 1.82) is 0 Å². The minimum absolute atomic E-state index is 0.0236. The lowest BCUT2D eigenvalue weighted by atomic mass is 9.73. The van der Waals surface area contributed by atoms with Crippen molar-refractivity contribution in [3.8, 4) is 0 Å². The van der Waals surface area contributed by atoms with Crippen LogP contribution in [0.15, 0.2) is 24.3 Å². The van der Waals surface area contributed by atoms with Crippen LogP contribution in [0.25, 0.3) is 0 Å². The van der Waals surface area contributed by atoms with Crippen LogP contribution in [-0.4, -0.2) is 23.8 Å². The van der Waals surface area contributed by atoms with Crippen LogP contribution in [0.5, 0.6) is 0 Å². The fourth-order valence-electron chi connectivity index (χ4n) is 3.23. The number of fused-ring (bicyclic) bond motifs is 2. The lowest BCUT2D eigenvalue weighted by Gasteiger charge is -2.33. The Bertz CT molecular complexity index is 441. The zero-order chi connectivity index (χ0) is 11.8. The van der Waals surface area contributed by atoms with E-state index in [1.54, 1.807) is 0 Å². The van der Waals surface area contributed by atoms with Crippen molar-refractivity contribution in [2.24, 2.45) is 5.92 Å². The van der Waals surface area contributed by atoms with Gasteiger partial charge in [0.2, 0.25) is 0 Å². The third-order valence-corrected chi connectivity index (χ3v) is 3.93. The Balaban J connectivity index is 1.99. The van der Waals surface area contributed by atoms with Crippen molar-refractivity contribution >= 4 is 5.97 Å². The van der Waals surface area contributed by atoms with Crippen LogP contribution < -0.4 is 0 Å². The number of carbonyl (C=O) groups is 1. The Kier molecular flexibility index (Phi) is 2.63. The van der Waals surface area contributed by atoms with E-state index in [0.717, 1.165) is 6.42 Å². The van der Waals surface area contributed by atoms with Crippen molar-refractivity contribution in [2.75, 3.05) is 6.61 Å². The van der Waals surface area contributed by atoms with Gasteiger partial charge in [0.05, 0.1) is 6.42 Å². The molecule has 90 valence electrons. The Morgan fingerprint density at radius 2 is 2.12 bits per heavy atom. The quantitative estimate of drug-likeness (QED) is 0.788. The fraction of sp³-hybridized carbons (Fsp3) is 0.500. The molecule has 17 heavy (non-hydrogen) atoms. The third kappa shape index (κ3) is 1.75. The molecule has 0 bridgehead atoms. The predicted octanol–water partition coefficient (Wildman–Crippen LogP) is 1.64. The number of aliphatic hydroxyl groups is 1. The number of esters is 1. The van der Waals surface area contributed by atoms with Crippen LogP contribution in [0, 0.1) is 5.92 Å². The van der Waals surface area contributed by atoms with Gasteiger partial charge < -0.3 is 9.84 Å². The number of benzene rings is 1. The van der Waals surface area contributed by atoms with Gasteiger partial charge >= 0.3 is 5.97 Å². The largest absolute Gasteiger partial charge is 0.461 e. The molecule has 1 aliphatic heterocycles. The first-order valence-corrected chi connectivity index (χ1v) is 6.17. The van der Waals surface area contributed by atoms with Gasteiger partial charge in [0.1, 0.15) is 6.10 Å². The first-order chi connectivity index (χ1) is 8.29. The van der Waals surface area contributed by atoms with Gasteiger partial charge in [-0.05, 0) is 24.0 Å². The topological polar surface area (TPSA) is 46.5 Å². The van der Waals surface area contributed by atoms with Gasteiger partial charge in [-0.2, -0.15) is 0 Å². The monoisotopic (exact) mass is 232 g/mol. The summed E-state index contributed by atoms with van der Waals surface area (Å²) >= 11 is 0. The summed E-state index contributed by atoms with van der Waals surface area (Å²) in [5, 5.41) is 9.19. The van der Waals surface area contributed by atoms with E-state index >= 15 is 0 Å². The number of aliphatic hydroxyl groups excluding tert-OH is 1. The SMILES string of the molecule is O=C1C[C@H]2Cc3ccccc3[C@@H](CCO)[C@@H]2O1. The zero-order valence-electron chi connectivity index (χ0n) is 9.63. The van der Waals surface area contributed by atoms with Gasteiger partial charge in [0.15, 0.2) is 0 Å². The van der Waals surface area contributed by atoms with Crippen LogP contribution >= 0.6 is 0 Å². The first-order valence-electron chi connectivity index (χ1n) is 6.17. The molecular weight excluding hydrogens is 216 g/mol. The minimum atomic E-state index is -0.0873. The lowest BCUT2D eigenvalue weighted by molar-refractivity contribution is -0.142. The van der Waals surface area contributed by atoms with Crippen LogP contribution in [0.2, 0.25) is 0 Å². The summed E-state index contributed by atoms with van der Waals surface area (Å²) in [7, 11) is 0. The third-order valence-electron chi connectivity index (χ3n) is 3.93. The number of carbonyl (C=O) groups excluding carboxylic acids is 1. The van der Waals surface area contributed by atoms with Crippen LogP contribution in [0.1, 0.15) is 29.9 Å². The highest BCUT2D eigenvalue weighted by Crippen LogP contribution is 2.43. The van der Waals surface area contributed by atoms with Gasteiger partial charge in [0, 0.05) is 18.4 Å². The molecule has 3 rings (SSSR count).